The van der Waals surface area contributed by atoms with Crippen LogP contribution in [-0.4, -0.2) is 38.4 Å². The molecule has 0 aliphatic rings. The van der Waals surface area contributed by atoms with Gasteiger partial charge in [0.1, 0.15) is 5.75 Å². The van der Waals surface area contributed by atoms with Gasteiger partial charge in [0.15, 0.2) is 0 Å². The number of rotatable bonds is 9. The number of nitrogens with one attached hydrogen (secondary N) is 1. The van der Waals surface area contributed by atoms with E-state index in [9.17, 15) is 0 Å². The molecule has 4 nitrogen and oxygen atoms in total. The van der Waals surface area contributed by atoms with Gasteiger partial charge < -0.3 is 14.8 Å². The summed E-state index contributed by atoms with van der Waals surface area (Å²) < 4.78 is 10.8. The third-order valence-corrected chi connectivity index (χ3v) is 3.09. The van der Waals surface area contributed by atoms with E-state index in [1.165, 1.54) is 0 Å². The van der Waals surface area contributed by atoms with E-state index >= 15 is 0 Å². The largest absolute Gasteiger partial charge is 0.493 e. The van der Waals surface area contributed by atoms with E-state index in [0.29, 0.717) is 0 Å². The molecular formula is C16H22N2O2. The Balaban J connectivity index is 1.71. The Morgan fingerprint density at radius 1 is 1.05 bits per heavy atom. The van der Waals surface area contributed by atoms with Crippen molar-refractivity contribution in [2.75, 3.05) is 33.4 Å². The zero-order chi connectivity index (χ0) is 14.0. The second-order valence-electron chi connectivity index (χ2n) is 4.62. The molecule has 0 spiro atoms. The number of unbranched alkanes of at least 4 members (excludes halogenated alkanes) is 1. The van der Waals surface area contributed by atoms with Crippen LogP contribution in [-0.2, 0) is 4.74 Å². The van der Waals surface area contributed by atoms with Crippen molar-refractivity contribution in [2.45, 2.75) is 12.8 Å². The Bertz CT molecular complexity index is 511. The van der Waals surface area contributed by atoms with Gasteiger partial charge in [-0.2, -0.15) is 0 Å². The SMILES string of the molecule is COCCNCCCCOc1cccc2ncccc12. The van der Waals surface area contributed by atoms with Gasteiger partial charge in [-0.1, -0.05) is 6.07 Å². The molecule has 0 aliphatic heterocycles. The van der Waals surface area contributed by atoms with E-state index in [1.54, 1.807) is 13.3 Å². The van der Waals surface area contributed by atoms with Gasteiger partial charge >= 0.3 is 0 Å². The summed E-state index contributed by atoms with van der Waals surface area (Å²) in [5, 5.41) is 4.40. The molecule has 4 heteroatoms. The lowest BCUT2D eigenvalue weighted by atomic mass is 10.2. The molecule has 0 radical (unpaired) electrons. The number of hydrogen-bond acceptors (Lipinski definition) is 4. The zero-order valence-electron chi connectivity index (χ0n) is 12.0. The molecular weight excluding hydrogens is 252 g/mol. The molecule has 0 aliphatic carbocycles. The Morgan fingerprint density at radius 3 is 2.90 bits per heavy atom. The van der Waals surface area contributed by atoms with Gasteiger partial charge in [-0.05, 0) is 43.7 Å². The Hall–Kier alpha value is -1.65. The van der Waals surface area contributed by atoms with Crippen LogP contribution in [0.3, 0.4) is 0 Å². The standard InChI is InChI=1S/C16H22N2O2/c1-19-13-11-17-9-2-3-12-20-16-8-4-7-15-14(16)6-5-10-18-15/h4-8,10,17H,2-3,9,11-13H2,1H3. The molecule has 1 N–H and O–H groups in total. The molecule has 0 saturated carbocycles. The summed E-state index contributed by atoms with van der Waals surface area (Å²) in [5.41, 5.74) is 0.978. The van der Waals surface area contributed by atoms with E-state index in [1.807, 2.05) is 30.3 Å². The average Bonchev–Trinajstić information content (AvgIpc) is 2.50. The van der Waals surface area contributed by atoms with Gasteiger partial charge in [-0.3, -0.25) is 4.98 Å². The van der Waals surface area contributed by atoms with E-state index in [0.717, 1.165) is 55.8 Å². The van der Waals surface area contributed by atoms with Crippen molar-refractivity contribution in [3.63, 3.8) is 0 Å². The van der Waals surface area contributed by atoms with Crippen LogP contribution in [0.4, 0.5) is 0 Å². The first-order chi connectivity index (χ1) is 9.92. The first-order valence-corrected chi connectivity index (χ1v) is 7.08. The number of ether oxygens (including phenoxy) is 2. The van der Waals surface area contributed by atoms with E-state index in [2.05, 4.69) is 10.3 Å². The predicted molar refractivity (Wildman–Crippen MR) is 81.2 cm³/mol. The first-order valence-electron chi connectivity index (χ1n) is 7.08. The molecule has 2 aromatic rings. The molecule has 1 aromatic carbocycles. The van der Waals surface area contributed by atoms with E-state index in [4.69, 9.17) is 9.47 Å². The Morgan fingerprint density at radius 2 is 2.00 bits per heavy atom. The second-order valence-corrected chi connectivity index (χ2v) is 4.62. The van der Waals surface area contributed by atoms with Gasteiger partial charge in [0.25, 0.3) is 0 Å². The monoisotopic (exact) mass is 274 g/mol. The summed E-state index contributed by atoms with van der Waals surface area (Å²) in [6.07, 6.45) is 3.95. The van der Waals surface area contributed by atoms with Crippen molar-refractivity contribution in [3.8, 4) is 5.75 Å². The molecule has 108 valence electrons. The van der Waals surface area contributed by atoms with Gasteiger partial charge in [-0.15, -0.1) is 0 Å². The van der Waals surface area contributed by atoms with E-state index in [-0.39, 0.29) is 0 Å². The molecule has 0 amide bonds. The van der Waals surface area contributed by atoms with Gasteiger partial charge in [0.05, 0.1) is 18.7 Å². The maximum Gasteiger partial charge on any atom is 0.128 e. The third-order valence-electron chi connectivity index (χ3n) is 3.09. The zero-order valence-corrected chi connectivity index (χ0v) is 12.0. The van der Waals surface area contributed by atoms with Crippen LogP contribution < -0.4 is 10.1 Å². The fourth-order valence-electron chi connectivity index (χ4n) is 2.03. The minimum Gasteiger partial charge on any atom is -0.493 e. The molecule has 1 aromatic heterocycles. The highest BCUT2D eigenvalue weighted by atomic mass is 16.5. The van der Waals surface area contributed by atoms with Crippen LogP contribution in [0.5, 0.6) is 5.75 Å². The van der Waals surface area contributed by atoms with Crippen molar-refractivity contribution in [1.29, 1.82) is 0 Å². The maximum absolute atomic E-state index is 5.85. The highest BCUT2D eigenvalue weighted by molar-refractivity contribution is 5.84. The molecule has 0 unspecified atom stereocenters. The average molecular weight is 274 g/mol. The van der Waals surface area contributed by atoms with E-state index < -0.39 is 0 Å². The van der Waals surface area contributed by atoms with Crippen molar-refractivity contribution < 1.29 is 9.47 Å². The molecule has 0 fully saturated rings. The maximum atomic E-state index is 5.85. The van der Waals surface area contributed by atoms with Gasteiger partial charge in [0.2, 0.25) is 0 Å². The van der Waals surface area contributed by atoms with Crippen LogP contribution >= 0.6 is 0 Å². The van der Waals surface area contributed by atoms with Gasteiger partial charge in [0, 0.05) is 25.2 Å². The first kappa shape index (κ1) is 14.8. The number of aromatic nitrogens is 1. The molecule has 0 bridgehead atoms. The van der Waals surface area contributed by atoms with Crippen LogP contribution in [0.25, 0.3) is 10.9 Å². The lowest BCUT2D eigenvalue weighted by Gasteiger charge is -2.09. The lowest BCUT2D eigenvalue weighted by molar-refractivity contribution is 0.199. The van der Waals surface area contributed by atoms with Crippen LogP contribution in [0.1, 0.15) is 12.8 Å². The molecule has 2 rings (SSSR count). The molecule has 20 heavy (non-hydrogen) atoms. The summed E-state index contributed by atoms with van der Waals surface area (Å²) in [7, 11) is 1.72. The topological polar surface area (TPSA) is 43.4 Å². The summed E-state index contributed by atoms with van der Waals surface area (Å²) >= 11 is 0. The smallest absolute Gasteiger partial charge is 0.128 e. The fraction of sp³-hybridized carbons (Fsp3) is 0.438. The van der Waals surface area contributed by atoms with Gasteiger partial charge in [-0.25, -0.2) is 0 Å². The summed E-state index contributed by atoms with van der Waals surface area (Å²) in [6, 6.07) is 9.97. The Labute approximate surface area is 120 Å². The van der Waals surface area contributed by atoms with Crippen molar-refractivity contribution in [3.05, 3.63) is 36.5 Å². The predicted octanol–water partition coefficient (Wildman–Crippen LogP) is 2.63. The fourth-order valence-corrected chi connectivity index (χ4v) is 2.03. The highest BCUT2D eigenvalue weighted by Gasteiger charge is 2.01. The summed E-state index contributed by atoms with van der Waals surface area (Å²) in [6.45, 7) is 3.41. The minimum absolute atomic E-state index is 0.736. The number of hydrogen-bond donors (Lipinski definition) is 1. The summed E-state index contributed by atoms with van der Waals surface area (Å²) in [5.74, 6) is 0.919. The molecule has 0 atom stereocenters. The minimum atomic E-state index is 0.736. The second kappa shape index (κ2) is 8.51. The lowest BCUT2D eigenvalue weighted by Crippen LogP contribution is -2.20. The molecule has 0 saturated heterocycles. The summed E-state index contributed by atoms with van der Waals surface area (Å²) in [4.78, 5) is 4.33. The number of methoxy groups -OCH3 is 1. The Kier molecular flexibility index (Phi) is 6.27. The number of benzene rings is 1. The van der Waals surface area contributed by atoms with Crippen LogP contribution in [0.15, 0.2) is 36.5 Å². The van der Waals surface area contributed by atoms with Crippen molar-refractivity contribution >= 4 is 10.9 Å². The third kappa shape index (κ3) is 4.47. The molecule has 1 heterocycles. The normalized spacial score (nSPS) is 10.8. The van der Waals surface area contributed by atoms with Crippen molar-refractivity contribution in [1.82, 2.24) is 10.3 Å². The van der Waals surface area contributed by atoms with Crippen LogP contribution in [0.2, 0.25) is 0 Å². The number of pyridine rings is 1. The van der Waals surface area contributed by atoms with Crippen molar-refractivity contribution in [2.24, 2.45) is 0 Å². The highest BCUT2D eigenvalue weighted by Crippen LogP contribution is 2.23. The number of fused-ring (bicyclic) bond motifs is 1. The number of nitrogens with zero attached hydrogens (tertiary/aromatic N) is 1. The quantitative estimate of drug-likeness (QED) is 0.714. The van der Waals surface area contributed by atoms with Crippen LogP contribution in [0, 0.1) is 0 Å².